The smallest absolute Gasteiger partial charge is 0.292 e. The van der Waals surface area contributed by atoms with Gasteiger partial charge in [0.2, 0.25) is 5.95 Å². The molecule has 2 aromatic rings. The third-order valence-electron chi connectivity index (χ3n) is 3.59. The first-order valence-electron chi connectivity index (χ1n) is 6.86. The van der Waals surface area contributed by atoms with Crippen molar-refractivity contribution in [3.63, 3.8) is 0 Å². The molecule has 1 aliphatic rings. The second-order valence-corrected chi connectivity index (χ2v) is 5.84. The molecule has 0 saturated carbocycles. The Labute approximate surface area is 135 Å². The van der Waals surface area contributed by atoms with Gasteiger partial charge in [0.25, 0.3) is 5.69 Å². The quantitative estimate of drug-likeness (QED) is 0.615. The Morgan fingerprint density at radius 2 is 1.64 bits per heavy atom. The minimum atomic E-state index is -0.334. The van der Waals surface area contributed by atoms with Gasteiger partial charge in [-0.3, -0.25) is 10.1 Å². The second-order valence-electron chi connectivity index (χ2n) is 4.92. The van der Waals surface area contributed by atoms with Crippen molar-refractivity contribution in [1.29, 1.82) is 0 Å². The highest BCUT2D eigenvalue weighted by atomic mass is 79.9. The molecular weight excluding hydrogens is 350 g/mol. The first-order chi connectivity index (χ1) is 10.6. The fraction of sp³-hybridized carbons (Fsp3) is 0.286. The van der Waals surface area contributed by atoms with Crippen molar-refractivity contribution in [3.8, 4) is 0 Å². The van der Waals surface area contributed by atoms with Gasteiger partial charge >= 0.3 is 0 Å². The van der Waals surface area contributed by atoms with Gasteiger partial charge in [0.05, 0.1) is 9.40 Å². The lowest BCUT2D eigenvalue weighted by atomic mass is 10.2. The summed E-state index contributed by atoms with van der Waals surface area (Å²) in [4.78, 5) is 23.5. The molecule has 0 spiro atoms. The first kappa shape index (κ1) is 14.7. The Kier molecular flexibility index (Phi) is 4.19. The summed E-state index contributed by atoms with van der Waals surface area (Å²) in [7, 11) is 0. The van der Waals surface area contributed by atoms with Crippen LogP contribution >= 0.6 is 15.9 Å². The summed E-state index contributed by atoms with van der Waals surface area (Å²) in [6.07, 6.45) is 3.44. The van der Waals surface area contributed by atoms with Crippen molar-refractivity contribution in [2.24, 2.45) is 0 Å². The summed E-state index contributed by atoms with van der Waals surface area (Å²) in [5.74, 6) is 0.686. The molecule has 7 nitrogen and oxygen atoms in total. The highest BCUT2D eigenvalue weighted by molar-refractivity contribution is 9.10. The summed E-state index contributed by atoms with van der Waals surface area (Å²) >= 11 is 3.32. The lowest BCUT2D eigenvalue weighted by Gasteiger charge is -2.35. The second kappa shape index (κ2) is 6.27. The molecule has 1 aliphatic heterocycles. The van der Waals surface area contributed by atoms with Crippen molar-refractivity contribution in [2.75, 3.05) is 36.0 Å². The molecule has 0 radical (unpaired) electrons. The number of piperazine rings is 1. The monoisotopic (exact) mass is 363 g/mol. The summed E-state index contributed by atoms with van der Waals surface area (Å²) in [5, 5.41) is 11.1. The van der Waals surface area contributed by atoms with E-state index < -0.39 is 0 Å². The fourth-order valence-corrected chi connectivity index (χ4v) is 2.71. The molecule has 1 saturated heterocycles. The van der Waals surface area contributed by atoms with E-state index in [-0.39, 0.29) is 10.6 Å². The van der Waals surface area contributed by atoms with Gasteiger partial charge in [0, 0.05) is 44.6 Å². The number of rotatable bonds is 3. The summed E-state index contributed by atoms with van der Waals surface area (Å²) in [6.45, 7) is 2.86. The van der Waals surface area contributed by atoms with Crippen LogP contribution in [0.15, 0.2) is 41.1 Å². The molecule has 0 amide bonds. The molecule has 2 heterocycles. The van der Waals surface area contributed by atoms with Crippen LogP contribution < -0.4 is 9.80 Å². The van der Waals surface area contributed by atoms with Gasteiger partial charge in [-0.25, -0.2) is 9.97 Å². The number of hydrogen-bond acceptors (Lipinski definition) is 6. The number of nitro groups is 1. The average Bonchev–Trinajstić information content (AvgIpc) is 2.56. The fourth-order valence-electron chi connectivity index (χ4n) is 2.50. The maximum absolute atomic E-state index is 11.1. The highest BCUT2D eigenvalue weighted by Gasteiger charge is 2.24. The molecule has 1 aromatic heterocycles. The molecule has 0 atom stereocenters. The van der Waals surface area contributed by atoms with Gasteiger partial charge in [-0.05, 0) is 22.0 Å². The number of benzene rings is 1. The van der Waals surface area contributed by atoms with Gasteiger partial charge in [-0.15, -0.1) is 0 Å². The maximum Gasteiger partial charge on any atom is 0.292 e. The van der Waals surface area contributed by atoms with E-state index in [4.69, 9.17) is 0 Å². The molecular formula is C14H14BrN5O2. The summed E-state index contributed by atoms with van der Waals surface area (Å²) in [5.41, 5.74) is 0.819. The van der Waals surface area contributed by atoms with Crippen molar-refractivity contribution >= 4 is 33.3 Å². The highest BCUT2D eigenvalue weighted by Crippen LogP contribution is 2.28. The van der Waals surface area contributed by atoms with Crippen LogP contribution in [0.1, 0.15) is 0 Å². The lowest BCUT2D eigenvalue weighted by molar-refractivity contribution is -0.384. The zero-order valence-electron chi connectivity index (χ0n) is 11.7. The molecule has 114 valence electrons. The average molecular weight is 364 g/mol. The van der Waals surface area contributed by atoms with E-state index in [0.29, 0.717) is 24.7 Å². The molecule has 1 aromatic carbocycles. The van der Waals surface area contributed by atoms with Crippen molar-refractivity contribution in [3.05, 3.63) is 51.2 Å². The Bertz CT molecular complexity index is 671. The Hall–Kier alpha value is -2.22. The largest absolute Gasteiger partial charge is 0.362 e. The van der Waals surface area contributed by atoms with Gasteiger partial charge in [-0.1, -0.05) is 12.1 Å². The van der Waals surface area contributed by atoms with E-state index in [1.165, 1.54) is 0 Å². The summed E-state index contributed by atoms with van der Waals surface area (Å²) < 4.78 is 0.842. The van der Waals surface area contributed by atoms with E-state index in [9.17, 15) is 10.1 Å². The topological polar surface area (TPSA) is 75.4 Å². The lowest BCUT2D eigenvalue weighted by Crippen LogP contribution is -2.47. The van der Waals surface area contributed by atoms with Crippen LogP contribution in [0.3, 0.4) is 0 Å². The van der Waals surface area contributed by atoms with Gasteiger partial charge in [-0.2, -0.15) is 0 Å². The Morgan fingerprint density at radius 1 is 1.05 bits per heavy atom. The Morgan fingerprint density at radius 3 is 2.27 bits per heavy atom. The van der Waals surface area contributed by atoms with Crippen molar-refractivity contribution in [1.82, 2.24) is 9.97 Å². The first-order valence-corrected chi connectivity index (χ1v) is 7.65. The molecule has 0 aliphatic carbocycles. The van der Waals surface area contributed by atoms with Crippen LogP contribution in [0.5, 0.6) is 0 Å². The number of nitro benzene ring substituents is 1. The molecule has 22 heavy (non-hydrogen) atoms. The van der Waals surface area contributed by atoms with Crippen LogP contribution in [0, 0.1) is 10.1 Å². The number of halogens is 1. The minimum absolute atomic E-state index is 0.149. The van der Waals surface area contributed by atoms with Gasteiger partial charge < -0.3 is 9.80 Å². The molecule has 3 rings (SSSR count). The zero-order valence-corrected chi connectivity index (χ0v) is 13.3. The van der Waals surface area contributed by atoms with Crippen LogP contribution in [0.25, 0.3) is 0 Å². The van der Waals surface area contributed by atoms with Gasteiger partial charge in [0.1, 0.15) is 5.69 Å². The van der Waals surface area contributed by atoms with E-state index >= 15 is 0 Å². The van der Waals surface area contributed by atoms with Crippen LogP contribution in [-0.4, -0.2) is 41.1 Å². The maximum atomic E-state index is 11.1. The predicted octanol–water partition coefficient (Wildman–Crippen LogP) is 2.47. The van der Waals surface area contributed by atoms with Crippen molar-refractivity contribution < 1.29 is 4.92 Å². The molecule has 1 fully saturated rings. The predicted molar refractivity (Wildman–Crippen MR) is 87.3 cm³/mol. The number of nitrogens with zero attached hydrogens (tertiary/aromatic N) is 5. The number of hydrogen-bond donors (Lipinski definition) is 0. The van der Waals surface area contributed by atoms with Crippen molar-refractivity contribution in [2.45, 2.75) is 0 Å². The summed E-state index contributed by atoms with van der Waals surface area (Å²) in [6, 6.07) is 6.85. The van der Waals surface area contributed by atoms with E-state index in [2.05, 4.69) is 30.8 Å². The molecule has 8 heteroatoms. The van der Waals surface area contributed by atoms with Crippen LogP contribution in [0.4, 0.5) is 17.3 Å². The third kappa shape index (κ3) is 3.01. The molecule has 0 N–H and O–H groups in total. The van der Waals surface area contributed by atoms with Crippen LogP contribution in [-0.2, 0) is 0 Å². The minimum Gasteiger partial charge on any atom is -0.362 e. The number of aromatic nitrogens is 2. The zero-order chi connectivity index (χ0) is 15.5. The van der Waals surface area contributed by atoms with E-state index in [1.54, 1.807) is 30.6 Å². The molecule has 0 bridgehead atoms. The Balaban J connectivity index is 1.72. The molecule has 0 unspecified atom stereocenters. The number of anilines is 2. The third-order valence-corrected chi connectivity index (χ3v) is 4.00. The van der Waals surface area contributed by atoms with E-state index in [1.807, 2.05) is 11.0 Å². The van der Waals surface area contributed by atoms with Gasteiger partial charge in [0.15, 0.2) is 0 Å². The standard InChI is InChI=1S/C14H14BrN5O2/c15-11-9-16-14(17-10-11)19-7-5-18(6-8-19)12-3-1-2-4-13(12)20(21)22/h1-4,9-10H,5-8H2. The normalized spacial score (nSPS) is 15.0. The van der Waals surface area contributed by atoms with E-state index in [0.717, 1.165) is 17.6 Å². The number of para-hydroxylation sites is 2. The van der Waals surface area contributed by atoms with Crippen LogP contribution in [0.2, 0.25) is 0 Å². The SMILES string of the molecule is O=[N+]([O-])c1ccccc1N1CCN(c2ncc(Br)cn2)CC1.